The van der Waals surface area contributed by atoms with Gasteiger partial charge in [0.15, 0.2) is 18.1 Å². The topological polar surface area (TPSA) is 59.1 Å². The lowest BCUT2D eigenvalue weighted by atomic mass is 10.1. The van der Waals surface area contributed by atoms with Gasteiger partial charge in [0.1, 0.15) is 0 Å². The van der Waals surface area contributed by atoms with Crippen molar-refractivity contribution in [3.63, 3.8) is 0 Å². The first kappa shape index (κ1) is 22.6. The van der Waals surface area contributed by atoms with E-state index in [0.717, 1.165) is 35.3 Å². The van der Waals surface area contributed by atoms with E-state index in [9.17, 15) is 9.59 Å². The Kier molecular flexibility index (Phi) is 8.16. The lowest BCUT2D eigenvalue weighted by Crippen LogP contribution is -2.38. The molecular weight excluding hydrogens is 468 g/mol. The van der Waals surface area contributed by atoms with Crippen LogP contribution < -0.4 is 9.47 Å². The van der Waals surface area contributed by atoms with Crippen LogP contribution in [0, 0.1) is 0 Å². The first-order valence-corrected chi connectivity index (χ1v) is 11.8. The molecular formula is C22H27BrN2O4S. The molecule has 1 saturated heterocycles. The summed E-state index contributed by atoms with van der Waals surface area (Å²) in [6, 6.07) is 7.12. The highest BCUT2D eigenvalue weighted by Gasteiger charge is 2.19. The lowest BCUT2D eigenvalue weighted by Gasteiger charge is -2.26. The number of rotatable bonds is 8. The zero-order valence-electron chi connectivity index (χ0n) is 17.4. The molecule has 30 heavy (non-hydrogen) atoms. The molecule has 8 heteroatoms. The molecule has 2 heterocycles. The molecule has 1 aliphatic heterocycles. The van der Waals surface area contributed by atoms with Crippen LogP contribution in [0.5, 0.6) is 11.5 Å². The Morgan fingerprint density at radius 2 is 1.90 bits per heavy atom. The van der Waals surface area contributed by atoms with E-state index in [4.69, 9.17) is 9.47 Å². The quantitative estimate of drug-likeness (QED) is 0.539. The summed E-state index contributed by atoms with van der Waals surface area (Å²) in [5, 5.41) is 2.00. The first-order valence-electron chi connectivity index (χ1n) is 10.1. The van der Waals surface area contributed by atoms with Gasteiger partial charge in [-0.2, -0.15) is 0 Å². The highest BCUT2D eigenvalue weighted by atomic mass is 79.9. The molecule has 1 aromatic carbocycles. The molecule has 0 atom stereocenters. The summed E-state index contributed by atoms with van der Waals surface area (Å²) in [6.07, 6.45) is 3.26. The summed E-state index contributed by atoms with van der Waals surface area (Å²) < 4.78 is 12.5. The minimum Gasteiger partial charge on any atom is -0.490 e. The minimum absolute atomic E-state index is 0.0147. The number of hydrogen-bond acceptors (Lipinski definition) is 5. The minimum atomic E-state index is -0.101. The van der Waals surface area contributed by atoms with Crippen LogP contribution in [0.15, 0.2) is 34.1 Å². The van der Waals surface area contributed by atoms with Crippen LogP contribution in [0.25, 0.3) is 0 Å². The van der Waals surface area contributed by atoms with Crippen molar-refractivity contribution < 1.29 is 19.1 Å². The number of piperidine rings is 1. The van der Waals surface area contributed by atoms with Crippen molar-refractivity contribution in [2.45, 2.75) is 32.7 Å². The molecule has 3 rings (SSSR count). The molecule has 1 fully saturated rings. The van der Waals surface area contributed by atoms with Gasteiger partial charge in [-0.15, -0.1) is 11.3 Å². The Morgan fingerprint density at radius 1 is 1.13 bits per heavy atom. The van der Waals surface area contributed by atoms with Crippen LogP contribution in [-0.4, -0.2) is 55.0 Å². The number of hydrogen-bond donors (Lipinski definition) is 0. The van der Waals surface area contributed by atoms with Crippen LogP contribution in [0.3, 0.4) is 0 Å². The van der Waals surface area contributed by atoms with Crippen LogP contribution in [0.2, 0.25) is 0 Å². The van der Waals surface area contributed by atoms with Crippen molar-refractivity contribution in [1.82, 2.24) is 9.80 Å². The second kappa shape index (κ2) is 10.8. The summed E-state index contributed by atoms with van der Waals surface area (Å²) in [4.78, 5) is 29.8. The average Bonchev–Trinajstić information content (AvgIpc) is 3.17. The maximum absolute atomic E-state index is 12.9. The monoisotopic (exact) mass is 494 g/mol. The second-order valence-electron chi connectivity index (χ2n) is 7.22. The third-order valence-electron chi connectivity index (χ3n) is 4.91. The van der Waals surface area contributed by atoms with Gasteiger partial charge in [-0.1, -0.05) is 0 Å². The van der Waals surface area contributed by atoms with E-state index in [1.165, 1.54) is 6.42 Å². The third-order valence-corrected chi connectivity index (χ3v) is 6.59. The van der Waals surface area contributed by atoms with Gasteiger partial charge in [0.25, 0.3) is 11.8 Å². The zero-order chi connectivity index (χ0) is 21.5. The number of benzene rings is 1. The van der Waals surface area contributed by atoms with Crippen molar-refractivity contribution in [3.8, 4) is 11.5 Å². The maximum Gasteiger partial charge on any atom is 0.260 e. The number of likely N-dealkylation sites (tertiary alicyclic amines) is 1. The molecule has 2 amide bonds. The molecule has 0 radical (unpaired) electrons. The van der Waals surface area contributed by atoms with Crippen LogP contribution in [0.4, 0.5) is 0 Å². The van der Waals surface area contributed by atoms with Gasteiger partial charge in [0.2, 0.25) is 0 Å². The highest BCUT2D eigenvalue weighted by Crippen LogP contribution is 2.29. The molecule has 0 spiro atoms. The smallest absolute Gasteiger partial charge is 0.260 e. The maximum atomic E-state index is 12.9. The summed E-state index contributed by atoms with van der Waals surface area (Å²) in [5.41, 5.74) is 0.520. The van der Waals surface area contributed by atoms with Crippen molar-refractivity contribution in [1.29, 1.82) is 0 Å². The van der Waals surface area contributed by atoms with E-state index < -0.39 is 0 Å². The van der Waals surface area contributed by atoms with E-state index in [2.05, 4.69) is 15.9 Å². The molecule has 0 saturated carbocycles. The second-order valence-corrected chi connectivity index (χ2v) is 9.13. The Balaban J connectivity index is 1.65. The molecule has 162 valence electrons. The summed E-state index contributed by atoms with van der Waals surface area (Å²) in [5.74, 6) is 0.834. The molecule has 1 aliphatic rings. The molecule has 2 aromatic rings. The summed E-state index contributed by atoms with van der Waals surface area (Å²) in [6.45, 7) is 4.40. The summed E-state index contributed by atoms with van der Waals surface area (Å²) >= 11 is 5.04. The van der Waals surface area contributed by atoms with E-state index >= 15 is 0 Å². The molecule has 0 aliphatic carbocycles. The van der Waals surface area contributed by atoms with Crippen LogP contribution in [-0.2, 0) is 11.3 Å². The fourth-order valence-electron chi connectivity index (χ4n) is 3.37. The number of nitrogens with zero attached hydrogens (tertiary/aromatic N) is 2. The van der Waals surface area contributed by atoms with E-state index in [0.29, 0.717) is 30.2 Å². The Morgan fingerprint density at radius 3 is 2.57 bits per heavy atom. The predicted molar refractivity (Wildman–Crippen MR) is 121 cm³/mol. The van der Waals surface area contributed by atoms with E-state index in [1.807, 2.05) is 23.3 Å². The number of amides is 2. The standard InChI is InChI=1S/C22H27BrN2O4S/c1-3-28-20-11-16(22(27)24(2)13-18-12-17(23)15-30-18)7-8-19(20)29-14-21(26)25-9-5-4-6-10-25/h7-8,11-12,15H,3-6,9-10,13-14H2,1-2H3. The van der Waals surface area contributed by atoms with Gasteiger partial charge in [-0.25, -0.2) is 0 Å². The average molecular weight is 495 g/mol. The van der Waals surface area contributed by atoms with Gasteiger partial charge in [0.05, 0.1) is 13.2 Å². The fraction of sp³-hybridized carbons (Fsp3) is 0.455. The van der Waals surface area contributed by atoms with Crippen molar-refractivity contribution in [2.75, 3.05) is 33.4 Å². The highest BCUT2D eigenvalue weighted by molar-refractivity contribution is 9.10. The first-order chi connectivity index (χ1) is 14.5. The van der Waals surface area contributed by atoms with Crippen molar-refractivity contribution in [2.24, 2.45) is 0 Å². The zero-order valence-corrected chi connectivity index (χ0v) is 19.8. The number of carbonyl (C=O) groups excluding carboxylic acids is 2. The van der Waals surface area contributed by atoms with Gasteiger partial charge < -0.3 is 19.3 Å². The van der Waals surface area contributed by atoms with Crippen LogP contribution >= 0.6 is 27.3 Å². The fourth-order valence-corrected chi connectivity index (χ4v) is 4.87. The van der Waals surface area contributed by atoms with Gasteiger partial charge in [-0.05, 0) is 66.4 Å². The molecule has 6 nitrogen and oxygen atoms in total. The summed E-state index contributed by atoms with van der Waals surface area (Å²) in [7, 11) is 1.78. The van der Waals surface area contributed by atoms with Crippen molar-refractivity contribution in [3.05, 3.63) is 44.6 Å². The number of ether oxygens (including phenoxy) is 2. The Bertz CT molecular complexity index is 880. The number of thiophene rings is 1. The van der Waals surface area contributed by atoms with E-state index in [-0.39, 0.29) is 18.4 Å². The molecule has 1 aromatic heterocycles. The van der Waals surface area contributed by atoms with Gasteiger partial charge in [0, 0.05) is 40.4 Å². The lowest BCUT2D eigenvalue weighted by molar-refractivity contribution is -0.134. The van der Waals surface area contributed by atoms with Gasteiger partial charge >= 0.3 is 0 Å². The Hall–Kier alpha value is -2.06. The molecule has 0 N–H and O–H groups in total. The number of carbonyl (C=O) groups is 2. The van der Waals surface area contributed by atoms with Gasteiger partial charge in [-0.3, -0.25) is 9.59 Å². The normalized spacial score (nSPS) is 13.8. The predicted octanol–water partition coefficient (Wildman–Crippen LogP) is 4.57. The van der Waals surface area contributed by atoms with Crippen LogP contribution in [0.1, 0.15) is 41.4 Å². The number of halogens is 1. The van der Waals surface area contributed by atoms with E-state index in [1.54, 1.807) is 41.5 Å². The van der Waals surface area contributed by atoms with Crippen molar-refractivity contribution >= 4 is 39.1 Å². The molecule has 0 unspecified atom stereocenters. The Labute approximate surface area is 189 Å². The molecule has 0 bridgehead atoms. The largest absolute Gasteiger partial charge is 0.490 e. The third kappa shape index (κ3) is 5.98. The SMILES string of the molecule is CCOc1cc(C(=O)N(C)Cc2cc(Br)cs2)ccc1OCC(=O)N1CCCCC1.